The molecule has 2 rings (SSSR count). The molecule has 1 aliphatic rings. The number of nitrogens with one attached hydrogen (secondary N) is 2. The minimum atomic E-state index is -0.00924. The highest BCUT2D eigenvalue weighted by Gasteiger charge is 2.09. The number of hydrogen-bond donors (Lipinski definition) is 2. The second kappa shape index (κ2) is 7.14. The van der Waals surface area contributed by atoms with Gasteiger partial charge in [-0.25, -0.2) is 0 Å². The summed E-state index contributed by atoms with van der Waals surface area (Å²) in [6.07, 6.45) is 5.24. The standard InChI is InChI=1S/C15H23N3O/c1-16-12-15(19)17-13-6-8-14(9-7-13)18-10-4-2-3-5-11-18/h6-9,16H,2-5,10-12H2,1H3,(H,17,19). The van der Waals surface area contributed by atoms with Crippen LogP contribution in [0.2, 0.25) is 0 Å². The number of anilines is 2. The van der Waals surface area contributed by atoms with Crippen LogP contribution in [0.3, 0.4) is 0 Å². The second-order valence-electron chi connectivity index (χ2n) is 5.03. The van der Waals surface area contributed by atoms with Crippen molar-refractivity contribution in [3.05, 3.63) is 24.3 Å². The Bertz CT molecular complexity index is 394. The summed E-state index contributed by atoms with van der Waals surface area (Å²) in [5.41, 5.74) is 2.12. The van der Waals surface area contributed by atoms with Crippen molar-refractivity contribution >= 4 is 17.3 Å². The summed E-state index contributed by atoms with van der Waals surface area (Å²) in [6, 6.07) is 8.15. The van der Waals surface area contributed by atoms with Crippen molar-refractivity contribution < 1.29 is 4.79 Å². The Morgan fingerprint density at radius 1 is 1.11 bits per heavy atom. The third kappa shape index (κ3) is 4.24. The molecule has 1 fully saturated rings. The number of carbonyl (C=O) groups is 1. The van der Waals surface area contributed by atoms with Crippen LogP contribution in [-0.2, 0) is 4.79 Å². The van der Waals surface area contributed by atoms with E-state index in [0.29, 0.717) is 6.54 Å². The smallest absolute Gasteiger partial charge is 0.238 e. The Balaban J connectivity index is 1.95. The van der Waals surface area contributed by atoms with Crippen LogP contribution < -0.4 is 15.5 Å². The molecule has 4 heteroatoms. The lowest BCUT2D eigenvalue weighted by Crippen LogP contribution is -2.25. The van der Waals surface area contributed by atoms with Crippen molar-refractivity contribution in [1.82, 2.24) is 5.32 Å². The summed E-state index contributed by atoms with van der Waals surface area (Å²) in [6.45, 7) is 2.63. The van der Waals surface area contributed by atoms with E-state index >= 15 is 0 Å². The zero-order chi connectivity index (χ0) is 13.5. The summed E-state index contributed by atoms with van der Waals surface area (Å²) >= 11 is 0. The first-order chi connectivity index (χ1) is 9.29. The maximum absolute atomic E-state index is 11.5. The van der Waals surface area contributed by atoms with E-state index in [-0.39, 0.29) is 5.91 Å². The van der Waals surface area contributed by atoms with Gasteiger partial charge in [0.15, 0.2) is 0 Å². The van der Waals surface area contributed by atoms with E-state index in [1.807, 2.05) is 12.1 Å². The Morgan fingerprint density at radius 2 is 1.74 bits per heavy atom. The monoisotopic (exact) mass is 261 g/mol. The predicted octanol–water partition coefficient (Wildman–Crippen LogP) is 2.22. The zero-order valence-electron chi connectivity index (χ0n) is 11.6. The highest BCUT2D eigenvalue weighted by molar-refractivity contribution is 5.92. The van der Waals surface area contributed by atoms with Crippen LogP contribution in [0.25, 0.3) is 0 Å². The van der Waals surface area contributed by atoms with Gasteiger partial charge in [0, 0.05) is 24.5 Å². The van der Waals surface area contributed by atoms with Gasteiger partial charge in [-0.2, -0.15) is 0 Å². The fourth-order valence-corrected chi connectivity index (χ4v) is 2.45. The predicted molar refractivity (Wildman–Crippen MR) is 79.7 cm³/mol. The normalized spacial score (nSPS) is 15.9. The first-order valence-electron chi connectivity index (χ1n) is 7.09. The van der Waals surface area contributed by atoms with E-state index in [0.717, 1.165) is 18.8 Å². The van der Waals surface area contributed by atoms with E-state index in [1.165, 1.54) is 31.4 Å². The first-order valence-corrected chi connectivity index (χ1v) is 7.09. The fourth-order valence-electron chi connectivity index (χ4n) is 2.45. The minimum absolute atomic E-state index is 0.00924. The molecule has 4 nitrogen and oxygen atoms in total. The lowest BCUT2D eigenvalue weighted by atomic mass is 10.2. The third-order valence-corrected chi connectivity index (χ3v) is 3.46. The average Bonchev–Trinajstić information content (AvgIpc) is 2.69. The summed E-state index contributed by atoms with van der Waals surface area (Å²) in [5.74, 6) is -0.00924. The van der Waals surface area contributed by atoms with Gasteiger partial charge in [0.2, 0.25) is 5.91 Å². The number of hydrogen-bond acceptors (Lipinski definition) is 3. The molecule has 1 aliphatic heterocycles. The summed E-state index contributed by atoms with van der Waals surface area (Å²) in [7, 11) is 1.77. The Kier molecular flexibility index (Phi) is 5.21. The van der Waals surface area contributed by atoms with Gasteiger partial charge >= 0.3 is 0 Å². The molecule has 1 saturated heterocycles. The molecule has 1 aromatic rings. The van der Waals surface area contributed by atoms with Crippen LogP contribution in [-0.4, -0.2) is 32.6 Å². The molecule has 0 spiro atoms. The minimum Gasteiger partial charge on any atom is -0.372 e. The molecule has 0 bridgehead atoms. The number of likely N-dealkylation sites (N-methyl/N-ethyl adjacent to an activating group) is 1. The number of amides is 1. The molecule has 104 valence electrons. The van der Waals surface area contributed by atoms with Gasteiger partial charge < -0.3 is 15.5 Å². The van der Waals surface area contributed by atoms with Gasteiger partial charge in [-0.15, -0.1) is 0 Å². The van der Waals surface area contributed by atoms with Gasteiger partial charge in [0.05, 0.1) is 6.54 Å². The van der Waals surface area contributed by atoms with E-state index in [4.69, 9.17) is 0 Å². The fraction of sp³-hybridized carbons (Fsp3) is 0.533. The lowest BCUT2D eigenvalue weighted by Gasteiger charge is -2.22. The second-order valence-corrected chi connectivity index (χ2v) is 5.03. The first kappa shape index (κ1) is 13.9. The average molecular weight is 261 g/mol. The molecule has 19 heavy (non-hydrogen) atoms. The topological polar surface area (TPSA) is 44.4 Å². The summed E-state index contributed by atoms with van der Waals surface area (Å²) in [4.78, 5) is 13.9. The zero-order valence-corrected chi connectivity index (χ0v) is 11.6. The Hall–Kier alpha value is -1.55. The highest BCUT2D eigenvalue weighted by Crippen LogP contribution is 2.21. The summed E-state index contributed by atoms with van der Waals surface area (Å²) < 4.78 is 0. The number of carbonyl (C=O) groups excluding carboxylic acids is 1. The molecule has 0 aliphatic carbocycles. The number of rotatable bonds is 4. The molecule has 1 heterocycles. The molecule has 1 aromatic carbocycles. The number of nitrogens with zero attached hydrogens (tertiary/aromatic N) is 1. The van der Waals surface area contributed by atoms with Crippen molar-refractivity contribution in [3.8, 4) is 0 Å². The maximum atomic E-state index is 11.5. The van der Waals surface area contributed by atoms with E-state index < -0.39 is 0 Å². The van der Waals surface area contributed by atoms with Gasteiger partial charge in [-0.05, 0) is 44.2 Å². The largest absolute Gasteiger partial charge is 0.372 e. The van der Waals surface area contributed by atoms with Crippen molar-refractivity contribution in [2.75, 3.05) is 36.9 Å². The Morgan fingerprint density at radius 3 is 2.32 bits per heavy atom. The van der Waals surface area contributed by atoms with Gasteiger partial charge in [-0.1, -0.05) is 12.8 Å². The van der Waals surface area contributed by atoms with Crippen LogP contribution in [0.4, 0.5) is 11.4 Å². The molecule has 0 saturated carbocycles. The molecular weight excluding hydrogens is 238 g/mol. The third-order valence-electron chi connectivity index (χ3n) is 3.46. The molecule has 2 N–H and O–H groups in total. The molecule has 0 radical (unpaired) electrons. The van der Waals surface area contributed by atoms with Crippen molar-refractivity contribution in [1.29, 1.82) is 0 Å². The van der Waals surface area contributed by atoms with Crippen molar-refractivity contribution in [2.24, 2.45) is 0 Å². The van der Waals surface area contributed by atoms with Crippen LogP contribution in [0, 0.1) is 0 Å². The van der Waals surface area contributed by atoms with Crippen LogP contribution in [0.15, 0.2) is 24.3 Å². The molecule has 0 unspecified atom stereocenters. The van der Waals surface area contributed by atoms with E-state index in [1.54, 1.807) is 7.05 Å². The number of benzene rings is 1. The molecular formula is C15H23N3O. The van der Waals surface area contributed by atoms with Crippen LogP contribution in [0.1, 0.15) is 25.7 Å². The van der Waals surface area contributed by atoms with Crippen molar-refractivity contribution in [2.45, 2.75) is 25.7 Å². The van der Waals surface area contributed by atoms with E-state index in [9.17, 15) is 4.79 Å². The van der Waals surface area contributed by atoms with Crippen molar-refractivity contribution in [3.63, 3.8) is 0 Å². The van der Waals surface area contributed by atoms with Crippen LogP contribution in [0.5, 0.6) is 0 Å². The SMILES string of the molecule is CNCC(=O)Nc1ccc(N2CCCCCC2)cc1. The quantitative estimate of drug-likeness (QED) is 0.873. The molecule has 0 aromatic heterocycles. The van der Waals surface area contributed by atoms with Crippen LogP contribution >= 0.6 is 0 Å². The molecule has 0 atom stereocenters. The maximum Gasteiger partial charge on any atom is 0.238 e. The van der Waals surface area contributed by atoms with Gasteiger partial charge in [0.1, 0.15) is 0 Å². The highest BCUT2D eigenvalue weighted by atomic mass is 16.1. The van der Waals surface area contributed by atoms with Gasteiger partial charge in [-0.3, -0.25) is 4.79 Å². The van der Waals surface area contributed by atoms with E-state index in [2.05, 4.69) is 27.7 Å². The lowest BCUT2D eigenvalue weighted by molar-refractivity contribution is -0.115. The Labute approximate surface area is 115 Å². The molecule has 1 amide bonds. The van der Waals surface area contributed by atoms with Gasteiger partial charge in [0.25, 0.3) is 0 Å². The summed E-state index contributed by atoms with van der Waals surface area (Å²) in [5, 5.41) is 5.70.